The predicted molar refractivity (Wildman–Crippen MR) is 126 cm³/mol. The average Bonchev–Trinajstić information content (AvgIpc) is 3.08. The quantitative estimate of drug-likeness (QED) is 0.633. The third-order valence-corrected chi connectivity index (χ3v) is 6.72. The third kappa shape index (κ3) is 4.43. The number of hydrogen-bond donors (Lipinski definition) is 0. The van der Waals surface area contributed by atoms with E-state index in [0.29, 0.717) is 23.8 Å². The van der Waals surface area contributed by atoms with Crippen molar-refractivity contribution in [3.05, 3.63) is 71.8 Å². The SMILES string of the molecule is C=C1c2ccccc2C(=O)N1[C@H](C)C(=O)N1CCC(CCc2ccc(OCC)cc2)CC1. The van der Waals surface area contributed by atoms with Crippen LogP contribution in [0.25, 0.3) is 5.70 Å². The molecule has 2 aromatic carbocycles. The minimum Gasteiger partial charge on any atom is -0.494 e. The fourth-order valence-corrected chi connectivity index (χ4v) is 4.82. The fraction of sp³-hybridized carbons (Fsp3) is 0.407. The van der Waals surface area contributed by atoms with Crippen molar-refractivity contribution in [3.8, 4) is 5.75 Å². The van der Waals surface area contributed by atoms with Crippen LogP contribution in [-0.4, -0.2) is 47.4 Å². The van der Waals surface area contributed by atoms with Gasteiger partial charge in [0.25, 0.3) is 5.91 Å². The summed E-state index contributed by atoms with van der Waals surface area (Å²) >= 11 is 0. The summed E-state index contributed by atoms with van der Waals surface area (Å²) in [7, 11) is 0. The number of aryl methyl sites for hydroxylation is 1. The highest BCUT2D eigenvalue weighted by atomic mass is 16.5. The number of nitrogens with zero attached hydrogens (tertiary/aromatic N) is 2. The number of likely N-dealkylation sites (tertiary alicyclic amines) is 1. The molecule has 0 aliphatic carbocycles. The standard InChI is InChI=1S/C27H32N2O3/c1-4-32-23-13-11-21(12-14-23)9-10-22-15-17-28(18-16-22)26(30)20(3)29-19(2)24-7-5-6-8-25(24)27(29)31/h5-8,11-14,20,22H,2,4,9-10,15-18H2,1,3H3/t20-/m1/s1. The van der Waals surface area contributed by atoms with Gasteiger partial charge in [-0.05, 0) is 69.2 Å². The maximum Gasteiger partial charge on any atom is 0.259 e. The minimum absolute atomic E-state index is 0.0114. The van der Waals surface area contributed by atoms with Crippen molar-refractivity contribution in [1.29, 1.82) is 0 Å². The van der Waals surface area contributed by atoms with E-state index in [1.54, 1.807) is 11.0 Å². The lowest BCUT2D eigenvalue weighted by Crippen LogP contribution is -2.49. The molecule has 0 spiro atoms. The van der Waals surface area contributed by atoms with Crippen LogP contribution in [0.3, 0.4) is 0 Å². The average molecular weight is 433 g/mol. The summed E-state index contributed by atoms with van der Waals surface area (Å²) in [4.78, 5) is 29.5. The van der Waals surface area contributed by atoms with Crippen LogP contribution in [0.5, 0.6) is 5.75 Å². The number of rotatable bonds is 7. The summed E-state index contributed by atoms with van der Waals surface area (Å²) in [6.45, 7) is 10.1. The summed E-state index contributed by atoms with van der Waals surface area (Å²) in [6, 6.07) is 15.2. The Labute approximate surface area is 190 Å². The molecule has 1 fully saturated rings. The first-order valence-corrected chi connectivity index (χ1v) is 11.6. The number of fused-ring (bicyclic) bond motifs is 1. The van der Waals surface area contributed by atoms with Crippen LogP contribution in [0.4, 0.5) is 0 Å². The number of carbonyl (C=O) groups excluding carboxylic acids is 2. The zero-order valence-electron chi connectivity index (χ0n) is 19.0. The molecule has 1 atom stereocenters. The summed E-state index contributed by atoms with van der Waals surface area (Å²) in [5, 5.41) is 0. The predicted octanol–water partition coefficient (Wildman–Crippen LogP) is 4.77. The van der Waals surface area contributed by atoms with E-state index in [-0.39, 0.29) is 11.8 Å². The van der Waals surface area contributed by atoms with E-state index in [4.69, 9.17) is 4.74 Å². The molecule has 0 bridgehead atoms. The van der Waals surface area contributed by atoms with Crippen LogP contribution < -0.4 is 4.74 Å². The fourth-order valence-electron chi connectivity index (χ4n) is 4.82. The third-order valence-electron chi connectivity index (χ3n) is 6.72. The number of ether oxygens (including phenoxy) is 1. The van der Waals surface area contributed by atoms with Crippen LogP contribution in [0, 0.1) is 5.92 Å². The molecule has 2 aromatic rings. The van der Waals surface area contributed by atoms with E-state index in [2.05, 4.69) is 18.7 Å². The Kier molecular flexibility index (Phi) is 6.63. The van der Waals surface area contributed by atoms with Gasteiger partial charge in [0.15, 0.2) is 0 Å². The first kappa shape index (κ1) is 22.1. The Hall–Kier alpha value is -3.08. The molecule has 5 nitrogen and oxygen atoms in total. The molecule has 2 amide bonds. The molecular formula is C27H32N2O3. The van der Waals surface area contributed by atoms with Gasteiger partial charge in [-0.3, -0.25) is 14.5 Å². The highest BCUT2D eigenvalue weighted by molar-refractivity contribution is 6.10. The molecule has 2 aliphatic heterocycles. The Morgan fingerprint density at radius 3 is 2.38 bits per heavy atom. The van der Waals surface area contributed by atoms with E-state index in [1.807, 2.05) is 49.1 Å². The number of piperidine rings is 1. The molecule has 4 rings (SSSR count). The lowest BCUT2D eigenvalue weighted by Gasteiger charge is -2.36. The van der Waals surface area contributed by atoms with Crippen molar-refractivity contribution in [2.45, 2.75) is 45.6 Å². The molecule has 0 unspecified atom stereocenters. The second-order valence-corrected chi connectivity index (χ2v) is 8.73. The van der Waals surface area contributed by atoms with Gasteiger partial charge in [0.2, 0.25) is 5.91 Å². The van der Waals surface area contributed by atoms with Gasteiger partial charge >= 0.3 is 0 Å². The molecule has 5 heteroatoms. The molecule has 2 heterocycles. The largest absolute Gasteiger partial charge is 0.494 e. The zero-order valence-corrected chi connectivity index (χ0v) is 19.0. The monoisotopic (exact) mass is 432 g/mol. The summed E-state index contributed by atoms with van der Waals surface area (Å²) < 4.78 is 5.51. The Morgan fingerprint density at radius 2 is 1.75 bits per heavy atom. The summed E-state index contributed by atoms with van der Waals surface area (Å²) in [5.74, 6) is 1.42. The van der Waals surface area contributed by atoms with Crippen molar-refractivity contribution in [1.82, 2.24) is 9.80 Å². The van der Waals surface area contributed by atoms with Crippen LogP contribution in [0.1, 0.15) is 54.6 Å². The van der Waals surface area contributed by atoms with Gasteiger partial charge in [-0.15, -0.1) is 0 Å². The molecule has 0 saturated carbocycles. The number of hydrogen-bond acceptors (Lipinski definition) is 3. The summed E-state index contributed by atoms with van der Waals surface area (Å²) in [5.41, 5.74) is 3.40. The highest BCUT2D eigenvalue weighted by Gasteiger charge is 2.38. The maximum absolute atomic E-state index is 13.2. The molecule has 168 valence electrons. The Bertz CT molecular complexity index is 955. The van der Waals surface area contributed by atoms with Crippen molar-refractivity contribution >= 4 is 17.5 Å². The second-order valence-electron chi connectivity index (χ2n) is 8.73. The second kappa shape index (κ2) is 9.60. The molecule has 1 saturated heterocycles. The Balaban J connectivity index is 1.28. The van der Waals surface area contributed by atoms with Crippen LogP contribution >= 0.6 is 0 Å². The van der Waals surface area contributed by atoms with E-state index < -0.39 is 6.04 Å². The van der Waals surface area contributed by atoms with Gasteiger partial charge in [-0.2, -0.15) is 0 Å². The first-order valence-electron chi connectivity index (χ1n) is 11.6. The molecule has 0 N–H and O–H groups in total. The van der Waals surface area contributed by atoms with Gasteiger partial charge in [0.05, 0.1) is 6.61 Å². The lowest BCUT2D eigenvalue weighted by molar-refractivity contribution is -0.136. The van der Waals surface area contributed by atoms with Gasteiger partial charge in [0, 0.05) is 29.9 Å². The van der Waals surface area contributed by atoms with Gasteiger partial charge in [-0.25, -0.2) is 0 Å². The molecule has 2 aliphatic rings. The molecular weight excluding hydrogens is 400 g/mol. The lowest BCUT2D eigenvalue weighted by atomic mass is 9.90. The molecule has 0 radical (unpaired) electrons. The number of amides is 2. The topological polar surface area (TPSA) is 49.9 Å². The molecule has 32 heavy (non-hydrogen) atoms. The van der Waals surface area contributed by atoms with Gasteiger partial charge < -0.3 is 9.64 Å². The van der Waals surface area contributed by atoms with Gasteiger partial charge in [-0.1, -0.05) is 36.9 Å². The van der Waals surface area contributed by atoms with Gasteiger partial charge in [0.1, 0.15) is 11.8 Å². The summed E-state index contributed by atoms with van der Waals surface area (Å²) in [6.07, 6.45) is 4.18. The van der Waals surface area contributed by atoms with E-state index in [9.17, 15) is 9.59 Å². The van der Waals surface area contributed by atoms with Crippen molar-refractivity contribution in [2.24, 2.45) is 5.92 Å². The van der Waals surface area contributed by atoms with Crippen LogP contribution in [-0.2, 0) is 11.2 Å². The number of benzene rings is 2. The zero-order chi connectivity index (χ0) is 22.7. The van der Waals surface area contributed by atoms with Crippen molar-refractivity contribution < 1.29 is 14.3 Å². The van der Waals surface area contributed by atoms with Crippen LogP contribution in [0.15, 0.2) is 55.1 Å². The van der Waals surface area contributed by atoms with E-state index in [0.717, 1.165) is 50.1 Å². The van der Waals surface area contributed by atoms with Crippen molar-refractivity contribution in [2.75, 3.05) is 19.7 Å². The van der Waals surface area contributed by atoms with E-state index >= 15 is 0 Å². The van der Waals surface area contributed by atoms with Crippen molar-refractivity contribution in [3.63, 3.8) is 0 Å². The van der Waals surface area contributed by atoms with E-state index in [1.165, 1.54) is 5.56 Å². The maximum atomic E-state index is 13.2. The normalized spacial score (nSPS) is 17.4. The van der Waals surface area contributed by atoms with Crippen LogP contribution in [0.2, 0.25) is 0 Å². The number of carbonyl (C=O) groups is 2. The first-order chi connectivity index (χ1) is 15.5. The molecule has 0 aromatic heterocycles. The smallest absolute Gasteiger partial charge is 0.259 e. The highest BCUT2D eigenvalue weighted by Crippen LogP contribution is 2.34. The Morgan fingerprint density at radius 1 is 1.09 bits per heavy atom. The minimum atomic E-state index is -0.539.